The van der Waals surface area contributed by atoms with E-state index in [-0.39, 0.29) is 22.3 Å². The number of rotatable bonds is 6. The molecule has 0 aromatic heterocycles. The van der Waals surface area contributed by atoms with Gasteiger partial charge >= 0.3 is 5.97 Å². The van der Waals surface area contributed by atoms with Crippen LogP contribution < -0.4 is 4.72 Å². The van der Waals surface area contributed by atoms with Gasteiger partial charge in [-0.15, -0.1) is 0 Å². The molecule has 2 N–H and O–H groups in total. The van der Waals surface area contributed by atoms with Gasteiger partial charge in [-0.1, -0.05) is 25.4 Å². The van der Waals surface area contributed by atoms with Crippen LogP contribution in [-0.4, -0.2) is 25.5 Å². The highest BCUT2D eigenvalue weighted by Crippen LogP contribution is 2.20. The van der Waals surface area contributed by atoms with E-state index in [1.807, 2.05) is 0 Å². The molecule has 8 heteroatoms. The van der Waals surface area contributed by atoms with Crippen LogP contribution in [0.5, 0.6) is 0 Å². The lowest BCUT2D eigenvalue weighted by Gasteiger charge is -2.16. The van der Waals surface area contributed by atoms with Crippen LogP contribution in [0.3, 0.4) is 0 Å². The molecule has 0 bridgehead atoms. The summed E-state index contributed by atoms with van der Waals surface area (Å²) >= 11 is 5.52. The van der Waals surface area contributed by atoms with E-state index in [2.05, 4.69) is 4.72 Å². The first kappa shape index (κ1) is 16.9. The number of hydrogen-bond acceptors (Lipinski definition) is 3. The number of benzene rings is 1. The molecule has 1 aromatic rings. The van der Waals surface area contributed by atoms with Crippen LogP contribution in [-0.2, 0) is 14.8 Å². The monoisotopic (exact) mass is 323 g/mol. The second-order valence-electron chi connectivity index (χ2n) is 4.72. The summed E-state index contributed by atoms with van der Waals surface area (Å²) in [5.41, 5.74) is 0. The highest BCUT2D eigenvalue weighted by atomic mass is 35.5. The fourth-order valence-electron chi connectivity index (χ4n) is 1.57. The molecule has 1 atom stereocenters. The van der Waals surface area contributed by atoms with Crippen molar-refractivity contribution >= 4 is 27.6 Å². The summed E-state index contributed by atoms with van der Waals surface area (Å²) in [7, 11) is -4.07. The summed E-state index contributed by atoms with van der Waals surface area (Å²) in [6, 6.07) is 1.63. The lowest BCUT2D eigenvalue weighted by Crippen LogP contribution is -2.41. The molecule has 0 saturated carbocycles. The number of sulfonamides is 1. The van der Waals surface area contributed by atoms with E-state index in [0.717, 1.165) is 18.2 Å². The van der Waals surface area contributed by atoms with Crippen LogP contribution in [0, 0.1) is 11.7 Å². The first-order valence-electron chi connectivity index (χ1n) is 5.83. The average molecular weight is 324 g/mol. The lowest BCUT2D eigenvalue weighted by molar-refractivity contribution is -0.139. The molecular formula is C12H15ClFNO4S. The molecule has 0 aliphatic rings. The Labute approximate surface area is 121 Å². The Bertz CT molecular complexity index is 603. The molecule has 0 heterocycles. The summed E-state index contributed by atoms with van der Waals surface area (Å²) in [5, 5.41) is 8.67. The molecule has 0 fully saturated rings. The first-order chi connectivity index (χ1) is 9.13. The molecule has 0 radical (unpaired) electrons. The van der Waals surface area contributed by atoms with Gasteiger partial charge in [0.15, 0.2) is 0 Å². The summed E-state index contributed by atoms with van der Waals surface area (Å²) in [6.07, 6.45) is 0.142. The summed E-state index contributed by atoms with van der Waals surface area (Å²) in [6.45, 7) is 3.55. The highest BCUT2D eigenvalue weighted by molar-refractivity contribution is 7.89. The van der Waals surface area contributed by atoms with Crippen molar-refractivity contribution in [3.05, 3.63) is 29.0 Å². The topological polar surface area (TPSA) is 83.5 Å². The van der Waals surface area contributed by atoms with Crippen molar-refractivity contribution < 1.29 is 22.7 Å². The third-order valence-corrected chi connectivity index (χ3v) is 4.26. The third kappa shape index (κ3) is 4.43. The average Bonchev–Trinajstić information content (AvgIpc) is 2.30. The Morgan fingerprint density at radius 3 is 2.50 bits per heavy atom. The van der Waals surface area contributed by atoms with Crippen LogP contribution in [0.4, 0.5) is 4.39 Å². The number of carboxylic acids is 1. The van der Waals surface area contributed by atoms with Gasteiger partial charge < -0.3 is 5.11 Å². The zero-order valence-electron chi connectivity index (χ0n) is 10.9. The van der Waals surface area contributed by atoms with Gasteiger partial charge in [-0.2, -0.15) is 4.72 Å². The molecule has 112 valence electrons. The quantitative estimate of drug-likeness (QED) is 0.841. The maximum absolute atomic E-state index is 13.0. The predicted octanol–water partition coefficient (Wildman–Crippen LogP) is 2.26. The van der Waals surface area contributed by atoms with E-state index in [1.165, 1.54) is 0 Å². The Morgan fingerprint density at radius 1 is 1.45 bits per heavy atom. The van der Waals surface area contributed by atoms with E-state index >= 15 is 0 Å². The van der Waals surface area contributed by atoms with Crippen LogP contribution in [0.25, 0.3) is 0 Å². The van der Waals surface area contributed by atoms with Gasteiger partial charge in [-0.25, -0.2) is 12.8 Å². The van der Waals surface area contributed by atoms with Crippen molar-refractivity contribution in [1.82, 2.24) is 4.72 Å². The van der Waals surface area contributed by atoms with E-state index in [0.29, 0.717) is 0 Å². The Kier molecular flexibility index (Phi) is 5.50. The van der Waals surface area contributed by atoms with Crippen molar-refractivity contribution in [3.8, 4) is 0 Å². The van der Waals surface area contributed by atoms with Crippen LogP contribution in [0.2, 0.25) is 5.02 Å². The predicted molar refractivity (Wildman–Crippen MR) is 72.6 cm³/mol. The van der Waals surface area contributed by atoms with Crippen molar-refractivity contribution in [2.45, 2.75) is 31.2 Å². The molecule has 0 spiro atoms. The fourth-order valence-corrected chi connectivity index (χ4v) is 3.04. The molecule has 1 unspecified atom stereocenters. The maximum atomic E-state index is 13.0. The van der Waals surface area contributed by atoms with Crippen LogP contribution >= 0.6 is 11.6 Å². The summed E-state index contributed by atoms with van der Waals surface area (Å²) < 4.78 is 39.2. The number of aliphatic carboxylic acids is 1. The molecular weight excluding hydrogens is 309 g/mol. The van der Waals surface area contributed by atoms with Gasteiger partial charge in [0.2, 0.25) is 10.0 Å². The van der Waals surface area contributed by atoms with Gasteiger partial charge in [0, 0.05) is 0 Å². The minimum absolute atomic E-state index is 0.00407. The second kappa shape index (κ2) is 6.51. The van der Waals surface area contributed by atoms with Crippen LogP contribution in [0.15, 0.2) is 23.1 Å². The minimum atomic E-state index is -4.07. The van der Waals surface area contributed by atoms with E-state index in [4.69, 9.17) is 16.7 Å². The molecule has 0 aliphatic carbocycles. The third-order valence-electron chi connectivity index (χ3n) is 2.50. The number of nitrogens with one attached hydrogen (secondary N) is 1. The van der Waals surface area contributed by atoms with Crippen molar-refractivity contribution in [2.24, 2.45) is 5.92 Å². The molecule has 0 saturated heterocycles. The Hall–Kier alpha value is -1.18. The normalized spacial score (nSPS) is 13.4. The van der Waals surface area contributed by atoms with E-state index < -0.39 is 27.9 Å². The van der Waals surface area contributed by atoms with Crippen molar-refractivity contribution in [3.63, 3.8) is 0 Å². The molecule has 20 heavy (non-hydrogen) atoms. The number of carbonyl (C=O) groups is 1. The summed E-state index contributed by atoms with van der Waals surface area (Å²) in [4.78, 5) is 10.8. The highest BCUT2D eigenvalue weighted by Gasteiger charge is 2.26. The number of hydrogen-bond donors (Lipinski definition) is 2. The number of halogens is 2. The smallest absolute Gasteiger partial charge is 0.321 e. The maximum Gasteiger partial charge on any atom is 0.321 e. The second-order valence-corrected chi connectivity index (χ2v) is 6.84. The zero-order chi connectivity index (χ0) is 15.5. The van der Waals surface area contributed by atoms with Crippen molar-refractivity contribution in [2.75, 3.05) is 0 Å². The molecule has 1 aromatic carbocycles. The van der Waals surface area contributed by atoms with Gasteiger partial charge in [0.05, 0.1) is 9.92 Å². The van der Waals surface area contributed by atoms with Gasteiger partial charge in [0.25, 0.3) is 0 Å². The van der Waals surface area contributed by atoms with Gasteiger partial charge in [0.1, 0.15) is 11.9 Å². The van der Waals surface area contributed by atoms with Crippen LogP contribution in [0.1, 0.15) is 20.3 Å². The summed E-state index contributed by atoms with van der Waals surface area (Å²) in [5.74, 6) is -2.02. The fraction of sp³-hybridized carbons (Fsp3) is 0.417. The number of carboxylic acid groups (broad SMARTS) is 1. The molecule has 1 rings (SSSR count). The molecule has 0 aliphatic heterocycles. The molecule has 5 nitrogen and oxygen atoms in total. The SMILES string of the molecule is CC(C)CC(NS(=O)(=O)c1ccc(F)c(Cl)c1)C(=O)O. The minimum Gasteiger partial charge on any atom is -0.480 e. The lowest BCUT2D eigenvalue weighted by atomic mass is 10.1. The van der Waals surface area contributed by atoms with E-state index in [1.54, 1.807) is 13.8 Å². The standard InChI is InChI=1S/C12H15ClFNO4S/c1-7(2)5-11(12(16)17)15-20(18,19)8-3-4-10(14)9(13)6-8/h3-4,6-7,11,15H,5H2,1-2H3,(H,16,17). The Morgan fingerprint density at radius 2 is 2.05 bits per heavy atom. The van der Waals surface area contributed by atoms with Gasteiger partial charge in [-0.3, -0.25) is 4.79 Å². The first-order valence-corrected chi connectivity index (χ1v) is 7.69. The van der Waals surface area contributed by atoms with Gasteiger partial charge in [-0.05, 0) is 30.5 Å². The van der Waals surface area contributed by atoms with Crippen molar-refractivity contribution in [1.29, 1.82) is 0 Å². The Balaban J connectivity index is 3.03. The van der Waals surface area contributed by atoms with E-state index in [9.17, 15) is 17.6 Å². The zero-order valence-corrected chi connectivity index (χ0v) is 12.5. The molecule has 0 amide bonds. The largest absolute Gasteiger partial charge is 0.480 e.